The first kappa shape index (κ1) is 14.7. The molecule has 1 aliphatic heterocycles. The number of fused-ring (bicyclic) bond motifs is 1. The van der Waals surface area contributed by atoms with Crippen molar-refractivity contribution in [1.29, 1.82) is 0 Å². The summed E-state index contributed by atoms with van der Waals surface area (Å²) in [5.74, 6) is -0.923. The molecule has 5 nitrogen and oxygen atoms in total. The van der Waals surface area contributed by atoms with Gasteiger partial charge < -0.3 is 0 Å². The lowest BCUT2D eigenvalue weighted by molar-refractivity contribution is -0.135. The number of benzene rings is 1. The molecule has 3 rings (SSSR count). The number of rotatable bonds is 1. The molecule has 2 amide bonds. The molecule has 1 saturated heterocycles. The van der Waals surface area contributed by atoms with Crippen LogP contribution in [0.2, 0.25) is 0 Å². The fraction of sp³-hybridized carbons (Fsp3) is 0.438. The third kappa shape index (κ3) is 2.49. The van der Waals surface area contributed by atoms with Gasteiger partial charge >= 0.3 is 0 Å². The Balaban J connectivity index is 2.03. The highest BCUT2D eigenvalue weighted by Gasteiger charge is 2.29. The van der Waals surface area contributed by atoms with E-state index >= 15 is 0 Å². The smallest absolute Gasteiger partial charge is 0.251 e. The van der Waals surface area contributed by atoms with Crippen LogP contribution in [0.25, 0.3) is 10.9 Å². The summed E-state index contributed by atoms with van der Waals surface area (Å²) in [6.07, 6.45) is 2.44. The van der Waals surface area contributed by atoms with E-state index < -0.39 is 6.04 Å². The molecule has 0 bridgehead atoms. The van der Waals surface area contributed by atoms with Crippen molar-refractivity contribution in [2.75, 3.05) is 0 Å². The maximum Gasteiger partial charge on any atom is 0.251 e. The number of carbonyl (C=O) groups is 2. The Bertz CT molecular complexity index is 774. The Morgan fingerprint density at radius 1 is 1.32 bits per heavy atom. The SMILES string of the molecule is CC(C)(C)c1cc2cn(C3CCC(=O)NC3=O)nc2cc1F. The second kappa shape index (κ2) is 4.90. The number of halogens is 1. The fourth-order valence-electron chi connectivity index (χ4n) is 2.73. The van der Waals surface area contributed by atoms with Crippen molar-refractivity contribution in [3.8, 4) is 0 Å². The molecule has 1 N–H and O–H groups in total. The standard InChI is InChI=1S/C16H18FN3O2/c1-16(2,3)10-6-9-8-20(19-12(9)7-11(10)17)13-4-5-14(21)18-15(13)22/h6-8,13H,4-5H2,1-3H3,(H,18,21,22). The van der Waals surface area contributed by atoms with Crippen LogP contribution in [0.1, 0.15) is 45.2 Å². The zero-order valence-electron chi connectivity index (χ0n) is 12.8. The highest BCUT2D eigenvalue weighted by molar-refractivity contribution is 5.99. The van der Waals surface area contributed by atoms with Gasteiger partial charge in [0.05, 0.1) is 5.52 Å². The van der Waals surface area contributed by atoms with Crippen molar-refractivity contribution in [2.24, 2.45) is 0 Å². The van der Waals surface area contributed by atoms with Gasteiger partial charge in [0.2, 0.25) is 5.91 Å². The molecule has 6 heteroatoms. The minimum atomic E-state index is -0.522. The molecule has 0 spiro atoms. The van der Waals surface area contributed by atoms with Gasteiger partial charge in [-0.3, -0.25) is 19.6 Å². The number of carbonyl (C=O) groups excluding carboxylic acids is 2. The molecule has 116 valence electrons. The average molecular weight is 303 g/mol. The molecule has 22 heavy (non-hydrogen) atoms. The van der Waals surface area contributed by atoms with Crippen molar-refractivity contribution >= 4 is 22.7 Å². The molecular formula is C16H18FN3O2. The predicted octanol–water partition coefficient (Wildman–Crippen LogP) is 2.45. The summed E-state index contributed by atoms with van der Waals surface area (Å²) >= 11 is 0. The third-order valence-corrected chi connectivity index (χ3v) is 3.95. The third-order valence-electron chi connectivity index (χ3n) is 3.95. The van der Waals surface area contributed by atoms with Gasteiger partial charge in [0.1, 0.15) is 11.9 Å². The number of nitrogens with one attached hydrogen (secondary N) is 1. The first-order valence-corrected chi connectivity index (χ1v) is 7.28. The van der Waals surface area contributed by atoms with Crippen molar-refractivity contribution in [1.82, 2.24) is 15.1 Å². The molecule has 0 saturated carbocycles. The van der Waals surface area contributed by atoms with Crippen LogP contribution in [0, 0.1) is 5.82 Å². The van der Waals surface area contributed by atoms with E-state index in [0.29, 0.717) is 17.5 Å². The van der Waals surface area contributed by atoms with Crippen molar-refractivity contribution in [3.63, 3.8) is 0 Å². The number of aromatic nitrogens is 2. The van der Waals surface area contributed by atoms with E-state index in [1.807, 2.05) is 20.8 Å². The summed E-state index contributed by atoms with van der Waals surface area (Å²) in [5, 5.41) is 7.39. The molecule has 1 fully saturated rings. The molecule has 2 heterocycles. The Labute approximate surface area is 127 Å². The Morgan fingerprint density at radius 2 is 2.05 bits per heavy atom. The Morgan fingerprint density at radius 3 is 2.68 bits per heavy atom. The summed E-state index contributed by atoms with van der Waals surface area (Å²) < 4.78 is 15.7. The zero-order chi connectivity index (χ0) is 16.1. The number of piperidine rings is 1. The molecule has 1 aromatic carbocycles. The van der Waals surface area contributed by atoms with E-state index in [0.717, 1.165) is 5.39 Å². The molecule has 2 aromatic rings. The van der Waals surface area contributed by atoms with Crippen LogP contribution < -0.4 is 5.32 Å². The van der Waals surface area contributed by atoms with E-state index in [1.165, 1.54) is 10.7 Å². The fourth-order valence-corrected chi connectivity index (χ4v) is 2.73. The normalized spacial score (nSPS) is 19.5. The van der Waals surface area contributed by atoms with Gasteiger partial charge in [0.25, 0.3) is 5.91 Å². The number of imide groups is 1. The van der Waals surface area contributed by atoms with Crippen molar-refractivity contribution in [2.45, 2.75) is 45.1 Å². The minimum Gasteiger partial charge on any atom is -0.295 e. The van der Waals surface area contributed by atoms with Crippen LogP contribution in [0.15, 0.2) is 18.3 Å². The zero-order valence-corrected chi connectivity index (χ0v) is 12.8. The van der Waals surface area contributed by atoms with Crippen LogP contribution in [0.4, 0.5) is 4.39 Å². The van der Waals surface area contributed by atoms with Crippen LogP contribution in [0.3, 0.4) is 0 Å². The lowest BCUT2D eigenvalue weighted by atomic mass is 9.86. The maximum atomic E-state index is 14.2. The molecule has 1 aliphatic rings. The van der Waals surface area contributed by atoms with E-state index in [1.54, 1.807) is 12.3 Å². The summed E-state index contributed by atoms with van der Waals surface area (Å²) in [6, 6.07) is 2.66. The molecule has 1 unspecified atom stereocenters. The van der Waals surface area contributed by atoms with Crippen LogP contribution >= 0.6 is 0 Å². The lowest BCUT2D eigenvalue weighted by Crippen LogP contribution is -2.41. The van der Waals surface area contributed by atoms with Crippen molar-refractivity contribution in [3.05, 3.63) is 29.7 Å². The maximum absolute atomic E-state index is 14.2. The van der Waals surface area contributed by atoms with Gasteiger partial charge in [0.15, 0.2) is 0 Å². The van der Waals surface area contributed by atoms with E-state index in [9.17, 15) is 14.0 Å². The average Bonchev–Trinajstić information content (AvgIpc) is 2.78. The molecule has 1 aromatic heterocycles. The molecule has 1 atom stereocenters. The number of hydrogen-bond acceptors (Lipinski definition) is 3. The van der Waals surface area contributed by atoms with E-state index in [4.69, 9.17) is 0 Å². The number of nitrogens with zero attached hydrogens (tertiary/aromatic N) is 2. The Hall–Kier alpha value is -2.24. The van der Waals surface area contributed by atoms with Crippen LogP contribution in [-0.2, 0) is 15.0 Å². The predicted molar refractivity (Wildman–Crippen MR) is 79.8 cm³/mol. The first-order chi connectivity index (χ1) is 10.3. The molecule has 0 aliphatic carbocycles. The monoisotopic (exact) mass is 303 g/mol. The van der Waals surface area contributed by atoms with E-state index in [2.05, 4.69) is 10.4 Å². The quantitative estimate of drug-likeness (QED) is 0.823. The summed E-state index contributed by atoms with van der Waals surface area (Å²) in [4.78, 5) is 23.1. The van der Waals surface area contributed by atoms with Crippen molar-refractivity contribution < 1.29 is 14.0 Å². The van der Waals surface area contributed by atoms with Gasteiger partial charge in [-0.1, -0.05) is 20.8 Å². The largest absolute Gasteiger partial charge is 0.295 e. The topological polar surface area (TPSA) is 64.0 Å². The minimum absolute atomic E-state index is 0.265. The van der Waals surface area contributed by atoms with Gasteiger partial charge in [-0.05, 0) is 23.5 Å². The second-order valence-corrected chi connectivity index (χ2v) is 6.72. The highest BCUT2D eigenvalue weighted by atomic mass is 19.1. The summed E-state index contributed by atoms with van der Waals surface area (Å²) in [6.45, 7) is 5.84. The summed E-state index contributed by atoms with van der Waals surface area (Å²) in [5.41, 5.74) is 0.813. The van der Waals surface area contributed by atoms with Gasteiger partial charge in [0, 0.05) is 24.1 Å². The summed E-state index contributed by atoms with van der Waals surface area (Å²) in [7, 11) is 0. The molecular weight excluding hydrogens is 285 g/mol. The molecule has 0 radical (unpaired) electrons. The van der Waals surface area contributed by atoms with Crippen LogP contribution in [0.5, 0.6) is 0 Å². The van der Waals surface area contributed by atoms with Gasteiger partial charge in [-0.15, -0.1) is 0 Å². The first-order valence-electron chi connectivity index (χ1n) is 7.28. The number of hydrogen-bond donors (Lipinski definition) is 1. The lowest BCUT2D eigenvalue weighted by Gasteiger charge is -2.20. The van der Waals surface area contributed by atoms with Crippen LogP contribution in [-0.4, -0.2) is 21.6 Å². The second-order valence-electron chi connectivity index (χ2n) is 6.72. The van der Waals surface area contributed by atoms with E-state index in [-0.39, 0.29) is 29.5 Å². The van der Waals surface area contributed by atoms with Gasteiger partial charge in [-0.25, -0.2) is 4.39 Å². The Kier molecular flexibility index (Phi) is 3.27. The number of amides is 2. The highest BCUT2D eigenvalue weighted by Crippen LogP contribution is 2.29. The van der Waals surface area contributed by atoms with Gasteiger partial charge in [-0.2, -0.15) is 5.10 Å².